The van der Waals surface area contributed by atoms with E-state index < -0.39 is 0 Å². The van der Waals surface area contributed by atoms with Gasteiger partial charge in [-0.15, -0.1) is 11.3 Å². The van der Waals surface area contributed by atoms with Crippen LogP contribution >= 0.6 is 11.3 Å². The average Bonchev–Trinajstić information content (AvgIpc) is 3.17. The summed E-state index contributed by atoms with van der Waals surface area (Å²) in [6.07, 6.45) is 0.773. The molecule has 2 aromatic rings. The molecule has 0 fully saturated rings. The number of nitrogens with one attached hydrogen (secondary N) is 1. The summed E-state index contributed by atoms with van der Waals surface area (Å²) in [5, 5.41) is 4.93. The smallest absolute Gasteiger partial charge is 0.318 e. The molecule has 1 atom stereocenters. The van der Waals surface area contributed by atoms with Crippen LogP contribution in [0.4, 0.5) is 9.18 Å². The molecular weight excluding hydrogens is 417 g/mol. The van der Waals surface area contributed by atoms with Gasteiger partial charge >= 0.3 is 6.03 Å². The van der Waals surface area contributed by atoms with Crippen LogP contribution in [0.5, 0.6) is 5.75 Å². The third kappa shape index (κ3) is 5.97. The topological polar surface area (TPSA) is 61.9 Å². The number of amides is 3. The minimum Gasteiger partial charge on any atom is -0.491 e. The largest absolute Gasteiger partial charge is 0.491 e. The zero-order valence-electron chi connectivity index (χ0n) is 18.5. The lowest BCUT2D eigenvalue weighted by molar-refractivity contribution is -0.135. The first-order valence-corrected chi connectivity index (χ1v) is 11.4. The number of carbonyl (C=O) groups is 2. The first-order valence-electron chi connectivity index (χ1n) is 10.5. The highest BCUT2D eigenvalue weighted by Crippen LogP contribution is 2.34. The molecule has 1 unspecified atom stereocenters. The number of hydrogen-bond donors (Lipinski definition) is 1. The first-order chi connectivity index (χ1) is 14.7. The second kappa shape index (κ2) is 9.68. The molecule has 1 aliphatic heterocycles. The molecule has 8 heteroatoms. The number of benzene rings is 1. The molecule has 0 spiro atoms. The van der Waals surface area contributed by atoms with Gasteiger partial charge in [0, 0.05) is 29.6 Å². The Labute approximate surface area is 187 Å². The highest BCUT2D eigenvalue weighted by Gasteiger charge is 2.33. The third-order valence-electron chi connectivity index (χ3n) is 5.10. The molecule has 0 radical (unpaired) electrons. The lowest BCUT2D eigenvalue weighted by Gasteiger charge is -2.37. The number of ether oxygens (including phenoxy) is 1. The van der Waals surface area contributed by atoms with Crippen LogP contribution in [0.25, 0.3) is 0 Å². The third-order valence-corrected chi connectivity index (χ3v) is 6.09. The minimum absolute atomic E-state index is 0.00561. The van der Waals surface area contributed by atoms with E-state index in [0.717, 1.165) is 12.0 Å². The van der Waals surface area contributed by atoms with Gasteiger partial charge in [-0.3, -0.25) is 4.79 Å². The lowest BCUT2D eigenvalue weighted by Crippen LogP contribution is -2.52. The van der Waals surface area contributed by atoms with Crippen LogP contribution in [0.15, 0.2) is 35.7 Å². The summed E-state index contributed by atoms with van der Waals surface area (Å²) in [4.78, 5) is 30.3. The summed E-state index contributed by atoms with van der Waals surface area (Å²) in [6.45, 7) is 8.77. The van der Waals surface area contributed by atoms with Crippen LogP contribution in [0, 0.1) is 5.82 Å². The Balaban J connectivity index is 1.74. The molecule has 0 bridgehead atoms. The molecule has 1 N–H and O–H groups in total. The number of halogens is 1. The van der Waals surface area contributed by atoms with Crippen molar-refractivity contribution in [2.45, 2.75) is 45.7 Å². The monoisotopic (exact) mass is 447 g/mol. The van der Waals surface area contributed by atoms with E-state index in [1.807, 2.05) is 39.1 Å². The summed E-state index contributed by atoms with van der Waals surface area (Å²) in [6, 6.07) is 7.46. The van der Waals surface area contributed by atoms with Gasteiger partial charge in [-0.1, -0.05) is 6.07 Å². The molecule has 0 saturated heterocycles. The van der Waals surface area contributed by atoms with Crippen LogP contribution < -0.4 is 10.1 Å². The fraction of sp³-hybridized carbons (Fsp3) is 0.478. The van der Waals surface area contributed by atoms with Gasteiger partial charge in [0.2, 0.25) is 5.91 Å². The molecule has 1 aromatic carbocycles. The Kier molecular flexibility index (Phi) is 7.20. The van der Waals surface area contributed by atoms with E-state index in [0.29, 0.717) is 18.8 Å². The maximum Gasteiger partial charge on any atom is 0.318 e. The number of carbonyl (C=O) groups excluding carboxylic acids is 2. The second-order valence-corrected chi connectivity index (χ2v) is 9.62. The van der Waals surface area contributed by atoms with Gasteiger partial charge in [0.15, 0.2) is 0 Å². The van der Waals surface area contributed by atoms with Crippen LogP contribution in [-0.2, 0) is 11.2 Å². The Morgan fingerprint density at radius 1 is 1.32 bits per heavy atom. The molecule has 3 amide bonds. The molecular formula is C23H30FN3O3S. The number of urea groups is 1. The second-order valence-electron chi connectivity index (χ2n) is 8.61. The number of fused-ring (bicyclic) bond motifs is 1. The summed E-state index contributed by atoms with van der Waals surface area (Å²) < 4.78 is 19.4. The van der Waals surface area contributed by atoms with Crippen molar-refractivity contribution in [3.63, 3.8) is 0 Å². The summed E-state index contributed by atoms with van der Waals surface area (Å²) >= 11 is 1.67. The number of hydrogen-bond acceptors (Lipinski definition) is 4. The van der Waals surface area contributed by atoms with Crippen molar-refractivity contribution in [2.75, 3.05) is 26.2 Å². The Bertz CT molecular complexity index is 925. The van der Waals surface area contributed by atoms with E-state index in [2.05, 4.69) is 5.32 Å². The van der Waals surface area contributed by atoms with Crippen LogP contribution in [-0.4, -0.2) is 53.5 Å². The van der Waals surface area contributed by atoms with Crippen molar-refractivity contribution in [3.05, 3.63) is 52.0 Å². The average molecular weight is 448 g/mol. The molecule has 2 heterocycles. The van der Waals surface area contributed by atoms with E-state index in [4.69, 9.17) is 4.74 Å². The van der Waals surface area contributed by atoms with E-state index >= 15 is 0 Å². The first kappa shape index (κ1) is 23.1. The lowest BCUT2D eigenvalue weighted by atomic mass is 10.0. The standard InChI is InChI=1S/C23H30FN3O3S/c1-5-26(22(29)25-23(2,3)4)14-21(28)27-11-9-20-18(10-12-31-20)19(27)15-30-17-8-6-7-16(24)13-17/h6-8,10,12-13,19H,5,9,11,14-15H2,1-4H3,(H,25,29). The molecule has 31 heavy (non-hydrogen) atoms. The van der Waals surface area contributed by atoms with Crippen molar-refractivity contribution < 1.29 is 18.7 Å². The van der Waals surface area contributed by atoms with Crippen LogP contribution in [0.3, 0.4) is 0 Å². The highest BCUT2D eigenvalue weighted by molar-refractivity contribution is 7.10. The van der Waals surface area contributed by atoms with Gasteiger partial charge in [-0.25, -0.2) is 9.18 Å². The van der Waals surface area contributed by atoms with Crippen LogP contribution in [0.2, 0.25) is 0 Å². The van der Waals surface area contributed by atoms with Crippen molar-refractivity contribution in [2.24, 2.45) is 0 Å². The van der Waals surface area contributed by atoms with Gasteiger partial charge in [0.05, 0.1) is 6.04 Å². The van der Waals surface area contributed by atoms with E-state index in [9.17, 15) is 14.0 Å². The highest BCUT2D eigenvalue weighted by atomic mass is 32.1. The minimum atomic E-state index is -0.383. The number of rotatable bonds is 6. The fourth-order valence-corrected chi connectivity index (χ4v) is 4.52. The van der Waals surface area contributed by atoms with E-state index in [1.165, 1.54) is 21.9 Å². The van der Waals surface area contributed by atoms with Crippen molar-refractivity contribution >= 4 is 23.3 Å². The SMILES string of the molecule is CCN(CC(=O)N1CCc2sccc2C1COc1cccc(F)c1)C(=O)NC(C)(C)C. The molecule has 1 aromatic heterocycles. The Hall–Kier alpha value is -2.61. The summed E-state index contributed by atoms with van der Waals surface area (Å²) in [5.74, 6) is -0.0705. The normalized spacial score (nSPS) is 15.9. The molecule has 3 rings (SSSR count). The number of thiophene rings is 1. The molecule has 168 valence electrons. The Morgan fingerprint density at radius 3 is 2.77 bits per heavy atom. The van der Waals surface area contributed by atoms with Crippen molar-refractivity contribution in [1.82, 2.24) is 15.1 Å². The molecule has 6 nitrogen and oxygen atoms in total. The van der Waals surface area contributed by atoms with Crippen LogP contribution in [0.1, 0.15) is 44.2 Å². The quantitative estimate of drug-likeness (QED) is 0.721. The van der Waals surface area contributed by atoms with Gasteiger partial charge in [-0.05, 0) is 63.3 Å². The predicted octanol–water partition coefficient (Wildman–Crippen LogP) is 4.22. The fourth-order valence-electron chi connectivity index (χ4n) is 3.59. The van der Waals surface area contributed by atoms with Gasteiger partial charge in [0.25, 0.3) is 0 Å². The van der Waals surface area contributed by atoms with E-state index in [1.54, 1.807) is 28.4 Å². The zero-order chi connectivity index (χ0) is 22.6. The van der Waals surface area contributed by atoms with E-state index in [-0.39, 0.29) is 42.5 Å². The number of nitrogens with zero attached hydrogens (tertiary/aromatic N) is 2. The molecule has 0 saturated carbocycles. The molecule has 1 aliphatic rings. The molecule has 0 aliphatic carbocycles. The maximum absolute atomic E-state index is 13.5. The van der Waals surface area contributed by atoms with Crippen molar-refractivity contribution in [3.8, 4) is 5.75 Å². The number of likely N-dealkylation sites (N-methyl/N-ethyl adjacent to an activating group) is 1. The summed E-state index contributed by atoms with van der Waals surface area (Å²) in [5.41, 5.74) is 0.675. The van der Waals surface area contributed by atoms with Gasteiger partial charge in [0.1, 0.15) is 24.7 Å². The summed E-state index contributed by atoms with van der Waals surface area (Å²) in [7, 11) is 0. The maximum atomic E-state index is 13.5. The predicted molar refractivity (Wildman–Crippen MR) is 120 cm³/mol. The Morgan fingerprint density at radius 2 is 2.10 bits per heavy atom. The van der Waals surface area contributed by atoms with Crippen molar-refractivity contribution in [1.29, 1.82) is 0 Å². The van der Waals surface area contributed by atoms with Gasteiger partial charge in [-0.2, -0.15) is 0 Å². The van der Waals surface area contributed by atoms with Gasteiger partial charge < -0.3 is 19.9 Å². The zero-order valence-corrected chi connectivity index (χ0v) is 19.3.